The third-order valence-electron chi connectivity index (χ3n) is 4.83. The molecule has 6 nitrogen and oxygen atoms in total. The van der Waals surface area contributed by atoms with Crippen LogP contribution in [0.3, 0.4) is 0 Å². The average Bonchev–Trinajstić information content (AvgIpc) is 3.11. The van der Waals surface area contributed by atoms with Gasteiger partial charge in [-0.2, -0.15) is 0 Å². The van der Waals surface area contributed by atoms with Crippen LogP contribution in [0, 0.1) is 0 Å². The van der Waals surface area contributed by atoms with Crippen LogP contribution in [0.15, 0.2) is 52.9 Å². The van der Waals surface area contributed by atoms with E-state index >= 15 is 0 Å². The van der Waals surface area contributed by atoms with E-state index in [1.165, 1.54) is 6.92 Å². The molecule has 30 heavy (non-hydrogen) atoms. The van der Waals surface area contributed by atoms with Crippen molar-refractivity contribution in [2.24, 2.45) is 0 Å². The topological polar surface area (TPSA) is 77.8 Å². The zero-order chi connectivity index (χ0) is 21.7. The Morgan fingerprint density at radius 2 is 1.73 bits per heavy atom. The van der Waals surface area contributed by atoms with Crippen molar-refractivity contribution in [1.29, 1.82) is 0 Å². The summed E-state index contributed by atoms with van der Waals surface area (Å²) in [6.07, 6.45) is -0.995. The molecule has 0 unspecified atom stereocenters. The molecule has 2 aromatic carbocycles. The first-order valence-electron chi connectivity index (χ1n) is 10.1. The molecule has 0 spiro atoms. The van der Waals surface area contributed by atoms with Crippen molar-refractivity contribution < 1.29 is 23.5 Å². The monoisotopic (exact) mass is 409 g/mol. The summed E-state index contributed by atoms with van der Waals surface area (Å²) in [6, 6.07) is 14.9. The maximum atomic E-state index is 12.8. The van der Waals surface area contributed by atoms with E-state index in [-0.39, 0.29) is 18.3 Å². The SMILES string of the molecule is CCOCc1c(C(=O)O[C@@H](C)C(=O)Nc2ccccc2C(C)C)oc2ccccc12. The Bertz CT molecular complexity index is 1040. The number of carbonyl (C=O) groups is 2. The van der Waals surface area contributed by atoms with Gasteiger partial charge in [0.1, 0.15) is 5.58 Å². The molecule has 1 aromatic heterocycles. The quantitative estimate of drug-likeness (QED) is 0.512. The van der Waals surface area contributed by atoms with Gasteiger partial charge in [-0.3, -0.25) is 4.79 Å². The number of furan rings is 1. The van der Waals surface area contributed by atoms with Crippen molar-refractivity contribution in [2.75, 3.05) is 11.9 Å². The van der Waals surface area contributed by atoms with Gasteiger partial charge in [0.05, 0.1) is 6.61 Å². The zero-order valence-corrected chi connectivity index (χ0v) is 17.7. The van der Waals surface area contributed by atoms with Crippen LogP contribution >= 0.6 is 0 Å². The first kappa shape index (κ1) is 21.6. The van der Waals surface area contributed by atoms with Crippen molar-refractivity contribution >= 4 is 28.5 Å². The lowest BCUT2D eigenvalue weighted by atomic mass is 10.0. The smallest absolute Gasteiger partial charge is 0.375 e. The molecule has 1 amide bonds. The van der Waals surface area contributed by atoms with E-state index < -0.39 is 18.0 Å². The van der Waals surface area contributed by atoms with E-state index in [1.54, 1.807) is 6.07 Å². The molecule has 0 aliphatic rings. The first-order chi connectivity index (χ1) is 14.4. The number of fused-ring (bicyclic) bond motifs is 1. The Balaban J connectivity index is 1.76. The van der Waals surface area contributed by atoms with E-state index in [4.69, 9.17) is 13.9 Å². The molecule has 1 N–H and O–H groups in total. The highest BCUT2D eigenvalue weighted by molar-refractivity contribution is 5.99. The average molecular weight is 409 g/mol. The molecular formula is C24H27NO5. The van der Waals surface area contributed by atoms with Gasteiger partial charge in [0.25, 0.3) is 5.91 Å². The summed E-state index contributed by atoms with van der Waals surface area (Å²) in [5, 5.41) is 3.64. The summed E-state index contributed by atoms with van der Waals surface area (Å²) in [7, 11) is 0. The van der Waals surface area contributed by atoms with Gasteiger partial charge in [0, 0.05) is 23.2 Å². The molecule has 0 aliphatic carbocycles. The second-order valence-electron chi connectivity index (χ2n) is 7.32. The fraction of sp³-hybridized carbons (Fsp3) is 0.333. The third kappa shape index (κ3) is 4.71. The minimum Gasteiger partial charge on any atom is -0.449 e. The summed E-state index contributed by atoms with van der Waals surface area (Å²) in [5.41, 5.74) is 2.92. The summed E-state index contributed by atoms with van der Waals surface area (Å²) < 4.78 is 16.6. The van der Waals surface area contributed by atoms with E-state index in [0.717, 1.165) is 10.9 Å². The molecule has 1 heterocycles. The van der Waals surface area contributed by atoms with Gasteiger partial charge >= 0.3 is 5.97 Å². The van der Waals surface area contributed by atoms with Crippen LogP contribution in [0.4, 0.5) is 5.69 Å². The summed E-state index contributed by atoms with van der Waals surface area (Å²) in [5.74, 6) is -0.789. The first-order valence-corrected chi connectivity index (χ1v) is 10.1. The van der Waals surface area contributed by atoms with Gasteiger partial charge in [-0.05, 0) is 37.5 Å². The number of amides is 1. The summed E-state index contributed by atoms with van der Waals surface area (Å²) >= 11 is 0. The molecule has 3 aromatic rings. The van der Waals surface area contributed by atoms with Crippen LogP contribution in [0.1, 0.15) is 55.3 Å². The maximum Gasteiger partial charge on any atom is 0.375 e. The molecule has 0 radical (unpaired) electrons. The summed E-state index contributed by atoms with van der Waals surface area (Å²) in [4.78, 5) is 25.4. The second-order valence-corrected chi connectivity index (χ2v) is 7.32. The van der Waals surface area contributed by atoms with E-state index in [0.29, 0.717) is 23.4 Å². The van der Waals surface area contributed by atoms with Gasteiger partial charge < -0.3 is 19.2 Å². The number of rotatable bonds is 8. The molecular weight excluding hydrogens is 382 g/mol. The molecule has 3 rings (SSSR count). The summed E-state index contributed by atoms with van der Waals surface area (Å²) in [6.45, 7) is 8.24. The van der Waals surface area contributed by atoms with Gasteiger partial charge in [0.2, 0.25) is 5.76 Å². The van der Waals surface area contributed by atoms with Crippen molar-refractivity contribution in [2.45, 2.75) is 46.3 Å². The molecule has 0 aliphatic heterocycles. The predicted molar refractivity (Wildman–Crippen MR) is 116 cm³/mol. The molecule has 6 heteroatoms. The molecule has 0 bridgehead atoms. The van der Waals surface area contributed by atoms with Crippen LogP contribution < -0.4 is 5.32 Å². The van der Waals surface area contributed by atoms with Gasteiger partial charge in [-0.25, -0.2) is 4.79 Å². The molecule has 158 valence electrons. The fourth-order valence-electron chi connectivity index (χ4n) is 3.23. The van der Waals surface area contributed by atoms with Gasteiger partial charge in [-0.1, -0.05) is 50.2 Å². The van der Waals surface area contributed by atoms with Crippen molar-refractivity contribution in [1.82, 2.24) is 0 Å². The van der Waals surface area contributed by atoms with Crippen LogP contribution in [0.5, 0.6) is 0 Å². The maximum absolute atomic E-state index is 12.8. The van der Waals surface area contributed by atoms with Crippen LogP contribution in [-0.4, -0.2) is 24.6 Å². The number of esters is 1. The van der Waals surface area contributed by atoms with Crippen molar-refractivity contribution in [3.63, 3.8) is 0 Å². The lowest BCUT2D eigenvalue weighted by Crippen LogP contribution is -2.30. The minimum atomic E-state index is -0.995. The highest BCUT2D eigenvalue weighted by Crippen LogP contribution is 2.28. The number of hydrogen-bond donors (Lipinski definition) is 1. The Hall–Kier alpha value is -3.12. The van der Waals surface area contributed by atoms with Crippen molar-refractivity contribution in [3.8, 4) is 0 Å². The Labute approximate surface area is 176 Å². The van der Waals surface area contributed by atoms with Crippen LogP contribution in [0.25, 0.3) is 11.0 Å². The van der Waals surface area contributed by atoms with Gasteiger partial charge in [-0.15, -0.1) is 0 Å². The Kier molecular flexibility index (Phi) is 6.90. The van der Waals surface area contributed by atoms with Crippen LogP contribution in [-0.2, 0) is 20.9 Å². The molecule has 1 atom stereocenters. The van der Waals surface area contributed by atoms with Crippen LogP contribution in [0.2, 0.25) is 0 Å². The molecule has 0 fully saturated rings. The second kappa shape index (κ2) is 9.59. The number of para-hydroxylation sites is 2. The molecule has 0 saturated heterocycles. The number of hydrogen-bond acceptors (Lipinski definition) is 5. The number of benzene rings is 2. The fourth-order valence-corrected chi connectivity index (χ4v) is 3.23. The van der Waals surface area contributed by atoms with E-state index in [9.17, 15) is 9.59 Å². The number of carbonyl (C=O) groups excluding carboxylic acids is 2. The van der Waals surface area contributed by atoms with Gasteiger partial charge in [0.15, 0.2) is 6.10 Å². The van der Waals surface area contributed by atoms with E-state index in [2.05, 4.69) is 19.2 Å². The number of anilines is 1. The lowest BCUT2D eigenvalue weighted by molar-refractivity contribution is -0.123. The standard InChI is InChI=1S/C24H27NO5/c1-5-28-14-19-18-11-7-9-13-21(18)30-22(19)24(27)29-16(4)23(26)25-20-12-8-6-10-17(20)15(2)3/h6-13,15-16H,5,14H2,1-4H3,(H,25,26)/t16-/m0/s1. The third-order valence-corrected chi connectivity index (χ3v) is 4.83. The zero-order valence-electron chi connectivity index (χ0n) is 17.7. The highest BCUT2D eigenvalue weighted by Gasteiger charge is 2.26. The lowest BCUT2D eigenvalue weighted by Gasteiger charge is -2.17. The number of ether oxygens (including phenoxy) is 2. The normalized spacial score (nSPS) is 12.2. The Morgan fingerprint density at radius 1 is 1.03 bits per heavy atom. The highest BCUT2D eigenvalue weighted by atomic mass is 16.6. The minimum absolute atomic E-state index is 0.0619. The largest absolute Gasteiger partial charge is 0.449 e. The predicted octanol–water partition coefficient (Wildman–Crippen LogP) is 5.28. The molecule has 0 saturated carbocycles. The number of nitrogens with one attached hydrogen (secondary N) is 1. The Morgan fingerprint density at radius 3 is 2.47 bits per heavy atom. The van der Waals surface area contributed by atoms with Crippen molar-refractivity contribution in [3.05, 3.63) is 65.4 Å². The van der Waals surface area contributed by atoms with E-state index in [1.807, 2.05) is 49.4 Å².